The molecule has 3 N–H and O–H groups in total. The van der Waals surface area contributed by atoms with Crippen molar-refractivity contribution in [2.75, 3.05) is 16.0 Å². The van der Waals surface area contributed by atoms with E-state index in [1.54, 1.807) is 42.5 Å². The molecule has 3 aromatic carbocycles. The molecule has 1 aliphatic carbocycles. The fraction of sp³-hybridized carbons (Fsp3) is 0.160. The summed E-state index contributed by atoms with van der Waals surface area (Å²) in [7, 11) is 0. The Morgan fingerprint density at radius 3 is 1.89 bits per heavy atom. The molecule has 4 rings (SSSR count). The fourth-order valence-electron chi connectivity index (χ4n) is 3.91. The number of alkyl halides is 2. The molecule has 1 aliphatic rings. The Hall–Kier alpha value is -2.19. The Morgan fingerprint density at radius 2 is 1.32 bits per heavy atom. The van der Waals surface area contributed by atoms with Crippen LogP contribution in [0, 0.1) is 5.92 Å². The molecule has 0 aliphatic heterocycles. The Bertz CT molecular complexity index is 1390. The molecule has 2 unspecified atom stereocenters. The third kappa shape index (κ3) is 6.28. The summed E-state index contributed by atoms with van der Waals surface area (Å²) in [4.78, 5) is 37.2. The molecule has 37 heavy (non-hydrogen) atoms. The van der Waals surface area contributed by atoms with Crippen LogP contribution in [-0.4, -0.2) is 22.1 Å². The van der Waals surface area contributed by atoms with Gasteiger partial charge in [-0.3, -0.25) is 14.4 Å². The van der Waals surface area contributed by atoms with Crippen LogP contribution in [0.3, 0.4) is 0 Å². The third-order valence-corrected chi connectivity index (χ3v) is 7.76. The number of anilines is 3. The van der Waals surface area contributed by atoms with E-state index in [1.807, 2.05) is 0 Å². The van der Waals surface area contributed by atoms with Gasteiger partial charge in [0.2, 0.25) is 11.8 Å². The predicted octanol–water partition coefficient (Wildman–Crippen LogP) is 8.04. The van der Waals surface area contributed by atoms with Gasteiger partial charge in [0.05, 0.1) is 21.5 Å². The zero-order valence-corrected chi connectivity index (χ0v) is 23.4. The van der Waals surface area contributed by atoms with Gasteiger partial charge in [-0.2, -0.15) is 0 Å². The molecule has 2 atom stereocenters. The minimum atomic E-state index is -1.38. The van der Waals surface area contributed by atoms with Gasteiger partial charge in [0.15, 0.2) is 0 Å². The van der Waals surface area contributed by atoms with Crippen molar-refractivity contribution < 1.29 is 14.4 Å². The third-order valence-electron chi connectivity index (χ3n) is 5.58. The van der Waals surface area contributed by atoms with Crippen LogP contribution in [0.15, 0.2) is 54.6 Å². The lowest BCUT2D eigenvalue weighted by atomic mass is 10.1. The van der Waals surface area contributed by atoms with Crippen molar-refractivity contribution in [3.05, 3.63) is 85.8 Å². The van der Waals surface area contributed by atoms with Crippen molar-refractivity contribution in [2.24, 2.45) is 5.92 Å². The van der Waals surface area contributed by atoms with Gasteiger partial charge in [0.1, 0.15) is 4.33 Å². The van der Waals surface area contributed by atoms with Crippen LogP contribution in [-0.2, 0) is 9.59 Å². The monoisotopic (exact) mass is 617 g/mol. The highest BCUT2D eigenvalue weighted by molar-refractivity contribution is 6.53. The summed E-state index contributed by atoms with van der Waals surface area (Å²) in [6, 6.07) is 14.2. The van der Waals surface area contributed by atoms with Gasteiger partial charge >= 0.3 is 0 Å². The number of nitrogens with one attached hydrogen (secondary N) is 3. The first kappa shape index (κ1) is 27.8. The van der Waals surface area contributed by atoms with E-state index < -0.39 is 28.0 Å². The van der Waals surface area contributed by atoms with Gasteiger partial charge < -0.3 is 16.0 Å². The van der Waals surface area contributed by atoms with E-state index >= 15 is 0 Å². The van der Waals surface area contributed by atoms with Gasteiger partial charge in [-0.15, -0.1) is 23.2 Å². The standard InChI is InChI=1S/C25H17Cl6N3O3/c1-11(35)32-15-2-4-16(5-3-15)33-23(36)18-9-17(10-19(28)22(18)29)34-24(37)21-20(25(21,30)31)12-6-13(26)8-14(27)7-12/h2-10,20-21H,1H3,(H,32,35)(H,33,36)(H,34,37). The Kier molecular flexibility index (Phi) is 8.19. The minimum Gasteiger partial charge on any atom is -0.326 e. The second-order valence-corrected chi connectivity index (χ2v) is 11.5. The van der Waals surface area contributed by atoms with Crippen molar-refractivity contribution in [3.8, 4) is 0 Å². The summed E-state index contributed by atoms with van der Waals surface area (Å²) >= 11 is 37.5. The fourth-order valence-corrected chi connectivity index (χ4v) is 5.69. The van der Waals surface area contributed by atoms with Gasteiger partial charge in [0.25, 0.3) is 5.91 Å². The van der Waals surface area contributed by atoms with Crippen LogP contribution in [0.5, 0.6) is 0 Å². The van der Waals surface area contributed by atoms with Crippen LogP contribution in [0.1, 0.15) is 28.8 Å². The van der Waals surface area contributed by atoms with Crippen molar-refractivity contribution in [3.63, 3.8) is 0 Å². The second-order valence-electron chi connectivity index (χ2n) is 8.35. The Morgan fingerprint density at radius 1 is 0.757 bits per heavy atom. The van der Waals surface area contributed by atoms with E-state index in [0.29, 0.717) is 27.0 Å². The highest BCUT2D eigenvalue weighted by atomic mass is 35.5. The molecule has 0 radical (unpaired) electrons. The number of halogens is 6. The summed E-state index contributed by atoms with van der Waals surface area (Å²) in [6.45, 7) is 1.39. The van der Waals surface area contributed by atoms with Crippen molar-refractivity contribution in [1.82, 2.24) is 0 Å². The van der Waals surface area contributed by atoms with Crippen molar-refractivity contribution in [1.29, 1.82) is 0 Å². The Balaban J connectivity index is 1.51. The maximum absolute atomic E-state index is 13.1. The smallest absolute Gasteiger partial charge is 0.257 e. The van der Waals surface area contributed by atoms with Crippen molar-refractivity contribution >= 4 is 104 Å². The molecule has 1 fully saturated rings. The van der Waals surface area contributed by atoms with Gasteiger partial charge in [0, 0.05) is 39.9 Å². The molecule has 12 heteroatoms. The first-order valence-corrected chi connectivity index (χ1v) is 13.0. The summed E-state index contributed by atoms with van der Waals surface area (Å²) in [5, 5.41) is 8.89. The SMILES string of the molecule is CC(=O)Nc1ccc(NC(=O)c2cc(NC(=O)C3C(c4cc(Cl)cc(Cl)c4)C3(Cl)Cl)cc(Cl)c2Cl)cc1. The maximum Gasteiger partial charge on any atom is 0.257 e. The summed E-state index contributed by atoms with van der Waals surface area (Å²) < 4.78 is -1.38. The second kappa shape index (κ2) is 10.9. The summed E-state index contributed by atoms with van der Waals surface area (Å²) in [6.07, 6.45) is 0. The average Bonchev–Trinajstić information content (AvgIpc) is 3.38. The topological polar surface area (TPSA) is 87.3 Å². The van der Waals surface area contributed by atoms with Crippen LogP contribution in [0.25, 0.3) is 0 Å². The molecule has 192 valence electrons. The zero-order chi connectivity index (χ0) is 27.1. The minimum absolute atomic E-state index is 0.00827. The van der Waals surface area contributed by atoms with E-state index in [9.17, 15) is 14.4 Å². The van der Waals surface area contributed by atoms with E-state index in [2.05, 4.69) is 16.0 Å². The molecular weight excluding hydrogens is 603 g/mol. The summed E-state index contributed by atoms with van der Waals surface area (Å²) in [5.74, 6) is -2.61. The molecular formula is C25H17Cl6N3O3. The Labute approximate surface area is 242 Å². The predicted molar refractivity (Wildman–Crippen MR) is 151 cm³/mol. The van der Waals surface area contributed by atoms with E-state index in [-0.39, 0.29) is 27.2 Å². The van der Waals surface area contributed by atoms with Crippen LogP contribution in [0.2, 0.25) is 20.1 Å². The number of rotatable bonds is 6. The molecule has 0 bridgehead atoms. The molecule has 0 aromatic heterocycles. The highest BCUT2D eigenvalue weighted by Gasteiger charge is 2.67. The van der Waals surface area contributed by atoms with E-state index in [0.717, 1.165) is 0 Å². The van der Waals surface area contributed by atoms with Gasteiger partial charge in [-0.25, -0.2) is 0 Å². The molecule has 6 nitrogen and oxygen atoms in total. The van der Waals surface area contributed by atoms with Crippen molar-refractivity contribution in [2.45, 2.75) is 17.2 Å². The molecule has 0 heterocycles. The number of amides is 3. The van der Waals surface area contributed by atoms with Crippen LogP contribution < -0.4 is 16.0 Å². The first-order valence-electron chi connectivity index (χ1n) is 10.7. The highest BCUT2D eigenvalue weighted by Crippen LogP contribution is 2.65. The first-order chi connectivity index (χ1) is 17.4. The number of carbonyl (C=O) groups is 3. The molecule has 1 saturated carbocycles. The van der Waals surface area contributed by atoms with Gasteiger partial charge in [-0.05, 0) is 60.2 Å². The molecule has 0 saturated heterocycles. The largest absolute Gasteiger partial charge is 0.326 e. The zero-order valence-electron chi connectivity index (χ0n) is 18.8. The van der Waals surface area contributed by atoms with E-state index in [1.165, 1.54) is 19.1 Å². The summed E-state index contributed by atoms with van der Waals surface area (Å²) in [5.41, 5.74) is 1.92. The normalized spacial score (nSPS) is 17.6. The molecule has 0 spiro atoms. The lowest BCUT2D eigenvalue weighted by Crippen LogP contribution is -2.18. The van der Waals surface area contributed by atoms with E-state index in [4.69, 9.17) is 69.6 Å². The molecule has 3 aromatic rings. The number of carbonyl (C=O) groups excluding carboxylic acids is 3. The quantitative estimate of drug-likeness (QED) is 0.244. The maximum atomic E-state index is 13.1. The number of hydrogen-bond donors (Lipinski definition) is 3. The lowest BCUT2D eigenvalue weighted by Gasteiger charge is -2.12. The number of benzene rings is 3. The van der Waals surface area contributed by atoms with Crippen LogP contribution in [0.4, 0.5) is 17.1 Å². The van der Waals surface area contributed by atoms with Gasteiger partial charge in [-0.1, -0.05) is 46.4 Å². The average molecular weight is 620 g/mol. The number of hydrogen-bond acceptors (Lipinski definition) is 3. The lowest BCUT2D eigenvalue weighted by molar-refractivity contribution is -0.117. The van der Waals surface area contributed by atoms with Crippen LogP contribution >= 0.6 is 69.6 Å². The molecule has 3 amide bonds.